The molecule has 1 amide bonds. The van der Waals surface area contributed by atoms with Gasteiger partial charge < -0.3 is 9.73 Å². The first kappa shape index (κ1) is 15.1. The maximum atomic E-state index is 12.5. The number of hydrogen-bond acceptors (Lipinski definition) is 2. The van der Waals surface area contributed by atoms with Crippen molar-refractivity contribution in [3.05, 3.63) is 62.8 Å². The number of furan rings is 1. The molecule has 1 aromatic heterocycles. The van der Waals surface area contributed by atoms with E-state index < -0.39 is 0 Å². The molecule has 2 aromatic carbocycles. The predicted molar refractivity (Wildman–Crippen MR) is 92.8 cm³/mol. The predicted octanol–water partition coefficient (Wildman–Crippen LogP) is 5.72. The Labute approximate surface area is 141 Å². The van der Waals surface area contributed by atoms with Crippen molar-refractivity contribution in [3.63, 3.8) is 0 Å². The Morgan fingerprint density at radius 2 is 1.95 bits per heavy atom. The number of anilines is 1. The second-order valence-electron chi connectivity index (χ2n) is 5.11. The maximum Gasteiger partial charge on any atom is 0.291 e. The lowest BCUT2D eigenvalue weighted by molar-refractivity contribution is 0.0998. The molecule has 0 aliphatic heterocycles. The van der Waals surface area contributed by atoms with E-state index in [1.165, 1.54) is 0 Å². The largest absolute Gasteiger partial charge is 0.451 e. The van der Waals surface area contributed by atoms with Crippen molar-refractivity contribution in [2.45, 2.75) is 13.8 Å². The van der Waals surface area contributed by atoms with Crippen LogP contribution in [-0.2, 0) is 0 Å². The van der Waals surface area contributed by atoms with Crippen molar-refractivity contribution < 1.29 is 9.21 Å². The molecular weight excluding hydrogens is 366 g/mol. The molecule has 0 aliphatic carbocycles. The summed E-state index contributed by atoms with van der Waals surface area (Å²) in [7, 11) is 0. The summed E-state index contributed by atoms with van der Waals surface area (Å²) in [5.41, 5.74) is 3.16. The first-order valence-corrected chi connectivity index (χ1v) is 7.89. The molecule has 22 heavy (non-hydrogen) atoms. The number of rotatable bonds is 2. The van der Waals surface area contributed by atoms with Crippen molar-refractivity contribution in [1.29, 1.82) is 0 Å². The Bertz CT molecular complexity index is 886. The third-order valence-corrected chi connectivity index (χ3v) is 4.27. The van der Waals surface area contributed by atoms with Gasteiger partial charge in [-0.2, -0.15) is 0 Å². The van der Waals surface area contributed by atoms with Gasteiger partial charge in [-0.25, -0.2) is 0 Å². The van der Waals surface area contributed by atoms with Gasteiger partial charge in [-0.1, -0.05) is 27.5 Å². The van der Waals surface area contributed by atoms with E-state index in [4.69, 9.17) is 16.0 Å². The van der Waals surface area contributed by atoms with Gasteiger partial charge in [0.2, 0.25) is 0 Å². The van der Waals surface area contributed by atoms with Crippen LogP contribution in [-0.4, -0.2) is 5.91 Å². The second-order valence-corrected chi connectivity index (χ2v) is 6.46. The SMILES string of the molecule is Cc1cc(Br)ccc1NC(=O)c1oc2ccc(Cl)cc2c1C. The fraction of sp³-hybridized carbons (Fsp3) is 0.118. The van der Waals surface area contributed by atoms with Crippen LogP contribution in [0.25, 0.3) is 11.0 Å². The first-order chi connectivity index (χ1) is 10.5. The third-order valence-electron chi connectivity index (χ3n) is 3.54. The molecule has 0 spiro atoms. The third kappa shape index (κ3) is 2.76. The smallest absolute Gasteiger partial charge is 0.291 e. The number of carbonyl (C=O) groups excluding carboxylic acids is 1. The quantitative estimate of drug-likeness (QED) is 0.620. The van der Waals surface area contributed by atoms with Gasteiger partial charge in [0, 0.05) is 26.1 Å². The zero-order valence-corrected chi connectivity index (χ0v) is 14.4. The Hall–Kier alpha value is -1.78. The Kier molecular flexibility index (Phi) is 3.98. The molecule has 112 valence electrons. The summed E-state index contributed by atoms with van der Waals surface area (Å²) in [5.74, 6) is 0.0369. The minimum Gasteiger partial charge on any atom is -0.451 e. The van der Waals surface area contributed by atoms with Gasteiger partial charge in [-0.3, -0.25) is 4.79 Å². The monoisotopic (exact) mass is 377 g/mol. The summed E-state index contributed by atoms with van der Waals surface area (Å²) in [6, 6.07) is 11.0. The maximum absolute atomic E-state index is 12.5. The molecule has 3 rings (SSSR count). The van der Waals surface area contributed by atoms with E-state index in [0.717, 1.165) is 26.7 Å². The lowest BCUT2D eigenvalue weighted by Gasteiger charge is -2.07. The number of amides is 1. The van der Waals surface area contributed by atoms with Gasteiger partial charge in [0.05, 0.1) is 0 Å². The van der Waals surface area contributed by atoms with Crippen molar-refractivity contribution in [3.8, 4) is 0 Å². The zero-order chi connectivity index (χ0) is 15.9. The lowest BCUT2D eigenvalue weighted by atomic mass is 10.1. The highest BCUT2D eigenvalue weighted by Gasteiger charge is 2.18. The molecule has 5 heteroatoms. The van der Waals surface area contributed by atoms with E-state index in [1.807, 2.05) is 32.0 Å². The first-order valence-electron chi connectivity index (χ1n) is 6.72. The van der Waals surface area contributed by atoms with Crippen molar-refractivity contribution in [1.82, 2.24) is 0 Å². The van der Waals surface area contributed by atoms with Crippen LogP contribution >= 0.6 is 27.5 Å². The molecule has 3 aromatic rings. The molecule has 1 N–H and O–H groups in total. The molecule has 0 bridgehead atoms. The van der Waals surface area contributed by atoms with Crippen molar-refractivity contribution >= 4 is 50.1 Å². The average molecular weight is 379 g/mol. The lowest BCUT2D eigenvalue weighted by Crippen LogP contribution is -2.13. The molecule has 0 fully saturated rings. The van der Waals surface area contributed by atoms with Gasteiger partial charge >= 0.3 is 0 Å². The Morgan fingerprint density at radius 1 is 1.18 bits per heavy atom. The molecule has 0 unspecified atom stereocenters. The summed E-state index contributed by atoms with van der Waals surface area (Å²) in [5, 5.41) is 4.35. The van der Waals surface area contributed by atoms with Gasteiger partial charge in [0.15, 0.2) is 5.76 Å². The average Bonchev–Trinajstić information content (AvgIpc) is 2.79. The standard InChI is InChI=1S/C17H13BrClNO2/c1-9-7-11(18)3-5-14(9)20-17(21)16-10(2)13-8-12(19)4-6-15(13)22-16/h3-8H,1-2H3,(H,20,21). The molecule has 0 radical (unpaired) electrons. The molecular formula is C17H13BrClNO2. The zero-order valence-electron chi connectivity index (χ0n) is 12.0. The summed E-state index contributed by atoms with van der Waals surface area (Å²) >= 11 is 9.40. The molecule has 0 saturated carbocycles. The van der Waals surface area contributed by atoms with Crippen LogP contribution < -0.4 is 5.32 Å². The highest BCUT2D eigenvalue weighted by atomic mass is 79.9. The summed E-state index contributed by atoms with van der Waals surface area (Å²) in [6.45, 7) is 3.79. The van der Waals surface area contributed by atoms with Crippen LogP contribution in [0.2, 0.25) is 5.02 Å². The van der Waals surface area contributed by atoms with Gasteiger partial charge in [-0.15, -0.1) is 0 Å². The van der Waals surface area contributed by atoms with E-state index in [0.29, 0.717) is 16.4 Å². The van der Waals surface area contributed by atoms with E-state index in [9.17, 15) is 4.79 Å². The molecule has 0 atom stereocenters. The van der Waals surface area contributed by atoms with E-state index in [-0.39, 0.29) is 5.91 Å². The highest BCUT2D eigenvalue weighted by Crippen LogP contribution is 2.29. The van der Waals surface area contributed by atoms with E-state index >= 15 is 0 Å². The van der Waals surface area contributed by atoms with Crippen LogP contribution in [0.4, 0.5) is 5.69 Å². The summed E-state index contributed by atoms with van der Waals surface area (Å²) in [6.07, 6.45) is 0. The van der Waals surface area contributed by atoms with Crippen LogP contribution in [0.15, 0.2) is 45.3 Å². The normalized spacial score (nSPS) is 10.9. The number of nitrogens with one attached hydrogen (secondary N) is 1. The van der Waals surface area contributed by atoms with Crippen molar-refractivity contribution in [2.75, 3.05) is 5.32 Å². The number of halogens is 2. The second kappa shape index (κ2) is 5.78. The van der Waals surface area contributed by atoms with Crippen LogP contribution in [0.3, 0.4) is 0 Å². The number of aryl methyl sites for hydroxylation is 2. The molecule has 0 saturated heterocycles. The van der Waals surface area contributed by atoms with Crippen LogP contribution in [0, 0.1) is 13.8 Å². The minimum atomic E-state index is -0.268. The summed E-state index contributed by atoms with van der Waals surface area (Å²) in [4.78, 5) is 12.5. The molecule has 3 nitrogen and oxygen atoms in total. The van der Waals surface area contributed by atoms with Crippen molar-refractivity contribution in [2.24, 2.45) is 0 Å². The summed E-state index contributed by atoms with van der Waals surface area (Å²) < 4.78 is 6.64. The topological polar surface area (TPSA) is 42.2 Å². The molecule has 1 heterocycles. The van der Waals surface area contributed by atoms with Gasteiger partial charge in [0.25, 0.3) is 5.91 Å². The fourth-order valence-electron chi connectivity index (χ4n) is 2.36. The fourth-order valence-corrected chi connectivity index (χ4v) is 3.00. The van der Waals surface area contributed by atoms with E-state index in [1.54, 1.807) is 18.2 Å². The number of benzene rings is 2. The highest BCUT2D eigenvalue weighted by molar-refractivity contribution is 9.10. The number of fused-ring (bicyclic) bond motifs is 1. The van der Waals surface area contributed by atoms with E-state index in [2.05, 4.69) is 21.2 Å². The van der Waals surface area contributed by atoms with Gasteiger partial charge in [0.1, 0.15) is 5.58 Å². The minimum absolute atomic E-state index is 0.268. The molecule has 0 aliphatic rings. The van der Waals surface area contributed by atoms with Crippen LogP contribution in [0.1, 0.15) is 21.7 Å². The Morgan fingerprint density at radius 3 is 2.68 bits per heavy atom. The van der Waals surface area contributed by atoms with Gasteiger partial charge in [-0.05, 0) is 55.8 Å². The van der Waals surface area contributed by atoms with Crippen LogP contribution in [0.5, 0.6) is 0 Å². The number of hydrogen-bond donors (Lipinski definition) is 1. The number of carbonyl (C=O) groups is 1. The Balaban J connectivity index is 1.97.